The van der Waals surface area contributed by atoms with E-state index in [4.69, 9.17) is 9.16 Å². The van der Waals surface area contributed by atoms with Gasteiger partial charge in [-0.2, -0.15) is 0 Å². The number of carbonyl (C=O) groups excluding carboxylic acids is 1. The number of hydrogen-bond donors (Lipinski definition) is 2. The van der Waals surface area contributed by atoms with Gasteiger partial charge < -0.3 is 19.6 Å². The average Bonchev–Trinajstić information content (AvgIpc) is 2.59. The van der Waals surface area contributed by atoms with Crippen LogP contribution in [0.5, 0.6) is 5.75 Å². The maximum atomic E-state index is 12.0. The second-order valence-corrected chi connectivity index (χ2v) is 11.6. The number of alkyl carbamates (subject to hydrolysis) is 1. The molecule has 7 heteroatoms. The van der Waals surface area contributed by atoms with Gasteiger partial charge in [-0.1, -0.05) is 42.5 Å². The molecule has 0 fully saturated rings. The minimum absolute atomic E-state index is 0.0819. The first kappa shape index (κ1) is 20.5. The minimum atomic E-state index is -1.76. The number of benzene rings is 2. The summed E-state index contributed by atoms with van der Waals surface area (Å²) in [5.41, 5.74) is 1.59. The lowest BCUT2D eigenvalue weighted by Crippen LogP contribution is -2.42. The Bertz CT molecular complexity index is 773. The fourth-order valence-electron chi connectivity index (χ4n) is 2.43. The Labute approximate surface area is 160 Å². The van der Waals surface area contributed by atoms with Crippen LogP contribution in [0.3, 0.4) is 0 Å². The smallest absolute Gasteiger partial charge is 0.408 e. The molecule has 2 rings (SSSR count). The number of ether oxygens (including phenoxy) is 1. The summed E-state index contributed by atoms with van der Waals surface area (Å²) in [4.78, 5) is 23.5. The summed E-state index contributed by atoms with van der Waals surface area (Å²) in [6.45, 7) is 6.30. The van der Waals surface area contributed by atoms with Gasteiger partial charge in [-0.3, -0.25) is 0 Å². The van der Waals surface area contributed by atoms with Crippen LogP contribution in [0.1, 0.15) is 11.1 Å². The van der Waals surface area contributed by atoms with Crippen molar-refractivity contribution in [3.8, 4) is 5.75 Å². The molecule has 2 aromatic rings. The molecule has 0 aliphatic heterocycles. The zero-order valence-electron chi connectivity index (χ0n) is 15.8. The van der Waals surface area contributed by atoms with Crippen LogP contribution < -0.4 is 9.74 Å². The van der Waals surface area contributed by atoms with E-state index in [0.717, 1.165) is 11.1 Å². The Kier molecular flexibility index (Phi) is 7.01. The van der Waals surface area contributed by atoms with Crippen molar-refractivity contribution >= 4 is 20.4 Å². The van der Waals surface area contributed by atoms with Gasteiger partial charge in [-0.25, -0.2) is 9.59 Å². The molecule has 144 valence electrons. The molecular weight excluding hydrogens is 362 g/mol. The lowest BCUT2D eigenvalue weighted by Gasteiger charge is -2.20. The Morgan fingerprint density at radius 3 is 2.33 bits per heavy atom. The molecule has 2 aromatic carbocycles. The number of rotatable bonds is 8. The molecular formula is C20H25NO5Si. The molecule has 0 aromatic heterocycles. The molecule has 27 heavy (non-hydrogen) atoms. The van der Waals surface area contributed by atoms with Crippen LogP contribution >= 0.6 is 0 Å². The molecule has 6 nitrogen and oxygen atoms in total. The van der Waals surface area contributed by atoms with Crippen LogP contribution in [0.2, 0.25) is 19.6 Å². The fraction of sp³-hybridized carbons (Fsp3) is 0.300. The van der Waals surface area contributed by atoms with E-state index >= 15 is 0 Å². The first-order valence-corrected chi connectivity index (χ1v) is 12.1. The maximum Gasteiger partial charge on any atom is 0.408 e. The van der Waals surface area contributed by atoms with Crippen LogP contribution in [-0.2, 0) is 22.6 Å². The van der Waals surface area contributed by atoms with Crippen molar-refractivity contribution in [1.29, 1.82) is 0 Å². The van der Waals surface area contributed by atoms with Gasteiger partial charge in [0.2, 0.25) is 8.32 Å². The van der Waals surface area contributed by atoms with Crippen LogP contribution in [0.15, 0.2) is 54.6 Å². The van der Waals surface area contributed by atoms with E-state index in [1.807, 2.05) is 54.6 Å². The lowest BCUT2D eigenvalue weighted by molar-refractivity contribution is -0.139. The quantitative estimate of drug-likeness (QED) is 0.673. The van der Waals surface area contributed by atoms with Gasteiger partial charge in [0.05, 0.1) is 0 Å². The van der Waals surface area contributed by atoms with Crippen molar-refractivity contribution in [2.45, 2.75) is 38.7 Å². The Morgan fingerprint density at radius 2 is 1.70 bits per heavy atom. The molecule has 0 saturated carbocycles. The summed E-state index contributed by atoms with van der Waals surface area (Å²) in [5.74, 6) is -0.411. The third kappa shape index (κ3) is 7.53. The third-order valence-corrected chi connectivity index (χ3v) is 4.41. The van der Waals surface area contributed by atoms with Crippen LogP contribution in [0.25, 0.3) is 0 Å². The van der Waals surface area contributed by atoms with Gasteiger partial charge in [0.1, 0.15) is 18.4 Å². The van der Waals surface area contributed by atoms with Crippen LogP contribution in [-0.4, -0.2) is 31.5 Å². The molecule has 0 aliphatic carbocycles. The molecule has 2 N–H and O–H groups in total. The molecule has 0 bridgehead atoms. The van der Waals surface area contributed by atoms with Gasteiger partial charge in [-0.05, 0) is 42.9 Å². The lowest BCUT2D eigenvalue weighted by atomic mass is 10.1. The highest BCUT2D eigenvalue weighted by Crippen LogP contribution is 2.19. The van der Waals surface area contributed by atoms with E-state index in [2.05, 4.69) is 25.0 Å². The maximum absolute atomic E-state index is 12.0. The first-order chi connectivity index (χ1) is 12.7. The standard InChI is InChI=1S/C20H25NO5Si/c1-27(2,3)26-17-11-7-10-16(12-17)13-18(19(22)23)21-20(24)25-14-15-8-5-4-6-9-15/h4-12,18H,13-14H2,1-3H3,(H,21,24)(H,22,23). The highest BCUT2D eigenvalue weighted by atomic mass is 28.4. The summed E-state index contributed by atoms with van der Waals surface area (Å²) in [6, 6.07) is 15.4. The first-order valence-electron chi connectivity index (χ1n) is 8.71. The number of carbonyl (C=O) groups is 2. The molecule has 0 saturated heterocycles. The number of carboxylic acid groups (broad SMARTS) is 1. The van der Waals surface area contributed by atoms with E-state index in [-0.39, 0.29) is 13.0 Å². The summed E-state index contributed by atoms with van der Waals surface area (Å²) in [5, 5.41) is 11.8. The highest BCUT2D eigenvalue weighted by Gasteiger charge is 2.22. The molecule has 0 radical (unpaired) electrons. The van der Waals surface area contributed by atoms with Gasteiger partial charge in [0, 0.05) is 6.42 Å². The summed E-state index contributed by atoms with van der Waals surface area (Å²) in [6.07, 6.45) is -0.626. The number of aliphatic carboxylic acids is 1. The van der Waals surface area contributed by atoms with E-state index < -0.39 is 26.4 Å². The van der Waals surface area contributed by atoms with Crippen LogP contribution in [0, 0.1) is 0 Å². The molecule has 0 spiro atoms. The molecule has 0 heterocycles. The zero-order chi connectivity index (χ0) is 19.9. The number of carboxylic acids is 1. The highest BCUT2D eigenvalue weighted by molar-refractivity contribution is 6.70. The van der Waals surface area contributed by atoms with E-state index in [9.17, 15) is 14.7 Å². The van der Waals surface area contributed by atoms with Crippen molar-refractivity contribution in [2.24, 2.45) is 0 Å². The summed E-state index contributed by atoms with van der Waals surface area (Å²) >= 11 is 0. The summed E-state index contributed by atoms with van der Waals surface area (Å²) < 4.78 is 11.0. The third-order valence-electron chi connectivity index (χ3n) is 3.57. The molecule has 0 aliphatic rings. The SMILES string of the molecule is C[Si](C)(C)Oc1cccc(CC(NC(=O)OCc2ccccc2)C(=O)O)c1. The van der Waals surface area contributed by atoms with E-state index in [1.54, 1.807) is 0 Å². The predicted octanol–water partition coefficient (Wildman–Crippen LogP) is 3.82. The van der Waals surface area contributed by atoms with Crippen LogP contribution in [0.4, 0.5) is 4.79 Å². The second-order valence-electron chi connectivity index (χ2n) is 7.16. The normalized spacial score (nSPS) is 12.1. The van der Waals surface area contributed by atoms with Gasteiger partial charge in [0.15, 0.2) is 0 Å². The zero-order valence-corrected chi connectivity index (χ0v) is 16.8. The topological polar surface area (TPSA) is 84.9 Å². The Hall–Kier alpha value is -2.80. The number of hydrogen-bond acceptors (Lipinski definition) is 4. The summed E-state index contributed by atoms with van der Waals surface area (Å²) in [7, 11) is -1.76. The largest absolute Gasteiger partial charge is 0.544 e. The van der Waals surface area contributed by atoms with Crippen molar-refractivity contribution in [1.82, 2.24) is 5.32 Å². The Morgan fingerprint density at radius 1 is 1.04 bits per heavy atom. The number of amides is 1. The van der Waals surface area contributed by atoms with Gasteiger partial charge in [-0.15, -0.1) is 0 Å². The predicted molar refractivity (Wildman–Crippen MR) is 105 cm³/mol. The number of nitrogens with one attached hydrogen (secondary N) is 1. The van der Waals surface area contributed by atoms with Gasteiger partial charge >= 0.3 is 12.1 Å². The monoisotopic (exact) mass is 387 g/mol. The van der Waals surface area contributed by atoms with Crippen molar-refractivity contribution in [3.05, 3.63) is 65.7 Å². The fourth-order valence-corrected chi connectivity index (χ4v) is 3.27. The molecule has 1 unspecified atom stereocenters. The van der Waals surface area contributed by atoms with Gasteiger partial charge in [0.25, 0.3) is 0 Å². The van der Waals surface area contributed by atoms with Crippen molar-refractivity contribution in [2.75, 3.05) is 0 Å². The molecule has 1 amide bonds. The van der Waals surface area contributed by atoms with E-state index in [0.29, 0.717) is 5.75 Å². The second kappa shape index (κ2) is 9.23. The van der Waals surface area contributed by atoms with Crippen molar-refractivity contribution in [3.63, 3.8) is 0 Å². The Balaban J connectivity index is 1.96. The van der Waals surface area contributed by atoms with Crippen molar-refractivity contribution < 1.29 is 23.9 Å². The average molecular weight is 388 g/mol. The van der Waals surface area contributed by atoms with E-state index in [1.165, 1.54) is 0 Å². The molecule has 1 atom stereocenters. The minimum Gasteiger partial charge on any atom is -0.544 e.